The minimum absolute atomic E-state index is 0.179. The summed E-state index contributed by atoms with van der Waals surface area (Å²) in [6.45, 7) is 23.9. The normalized spacial score (nSPS) is 12.1. The molecule has 42 heavy (non-hydrogen) atoms. The van der Waals surface area contributed by atoms with Gasteiger partial charge in [-0.1, -0.05) is 102 Å². The summed E-state index contributed by atoms with van der Waals surface area (Å²) >= 11 is 1.42. The number of likely N-dealkylation sites (tertiary alicyclic amines) is 1. The molecule has 1 aliphatic heterocycles. The number of nitrogens with zero attached hydrogens (tertiary/aromatic N) is 1. The van der Waals surface area contributed by atoms with Crippen LogP contribution in [0.25, 0.3) is 4.91 Å². The Balaban J connectivity index is 0. The number of amides is 2. The van der Waals surface area contributed by atoms with Crippen molar-refractivity contribution in [2.24, 2.45) is 0 Å². The second-order valence-electron chi connectivity index (χ2n) is 8.56. The quantitative estimate of drug-likeness (QED) is 0.331. The number of carbonyl (C=O) groups excluding carboxylic acids is 2. The van der Waals surface area contributed by atoms with Gasteiger partial charge in [0.2, 0.25) is 0 Å². The molecule has 0 saturated carbocycles. The van der Waals surface area contributed by atoms with Crippen LogP contribution >= 0.6 is 11.8 Å². The molecule has 0 atom stereocenters. The lowest BCUT2D eigenvalue weighted by atomic mass is 10.1. The lowest BCUT2D eigenvalue weighted by Crippen LogP contribution is -2.35. The van der Waals surface area contributed by atoms with Crippen LogP contribution in [0.4, 0.5) is 4.79 Å². The molecule has 1 aromatic carbocycles. The fourth-order valence-corrected chi connectivity index (χ4v) is 4.41. The fourth-order valence-electron chi connectivity index (χ4n) is 3.61. The van der Waals surface area contributed by atoms with Crippen LogP contribution in [-0.4, -0.2) is 42.1 Å². The first-order valence-corrected chi connectivity index (χ1v) is 16.1. The second-order valence-corrected chi connectivity index (χ2v) is 9.54. The number of aromatic amines is 1. The highest BCUT2D eigenvalue weighted by Gasteiger charge is 2.16. The zero-order valence-electron chi connectivity index (χ0n) is 27.7. The van der Waals surface area contributed by atoms with Gasteiger partial charge in [0.15, 0.2) is 5.43 Å². The molecule has 7 nitrogen and oxygen atoms in total. The summed E-state index contributed by atoms with van der Waals surface area (Å²) in [6, 6.07) is 9.29. The molecule has 0 radical (unpaired) electrons. The van der Waals surface area contributed by atoms with E-state index in [0.717, 1.165) is 48.4 Å². The summed E-state index contributed by atoms with van der Waals surface area (Å²) < 4.78 is 4.58. The summed E-state index contributed by atoms with van der Waals surface area (Å²) in [6.07, 6.45) is 5.75. The maximum Gasteiger partial charge on any atom is 0.409 e. The van der Waals surface area contributed by atoms with Gasteiger partial charge in [-0.3, -0.25) is 9.59 Å². The average Bonchev–Trinajstić information content (AvgIpc) is 3.06. The Morgan fingerprint density at radius 2 is 1.62 bits per heavy atom. The Morgan fingerprint density at radius 3 is 2.10 bits per heavy atom. The standard InChI is InChI=1S/C21H24N2O2S.C7H13NO2.3C2H6/c1-5-15(4)20(26-6-2)17-13-22-18(11-19(17)24)21(25)23-12-16-9-7-14(3)8-10-16;1-10-7(9)8-5-3-2-4-6-8;3*1-2/h6-11,13H,2,5,12H2,1,3-4H3,(H,22,24)(H,23,25);2-6H2,1H3;3*1-2H3. The summed E-state index contributed by atoms with van der Waals surface area (Å²) in [4.78, 5) is 41.3. The Morgan fingerprint density at radius 1 is 1.05 bits per heavy atom. The number of aromatic nitrogens is 1. The molecule has 236 valence electrons. The first-order chi connectivity index (χ1) is 20.3. The van der Waals surface area contributed by atoms with Crippen LogP contribution in [0, 0.1) is 6.92 Å². The number of benzene rings is 1. The highest BCUT2D eigenvalue weighted by atomic mass is 32.2. The van der Waals surface area contributed by atoms with Crippen LogP contribution in [0.3, 0.4) is 0 Å². The van der Waals surface area contributed by atoms with E-state index in [0.29, 0.717) is 12.1 Å². The minimum Gasteiger partial charge on any atom is -0.453 e. The van der Waals surface area contributed by atoms with Crippen molar-refractivity contribution in [1.82, 2.24) is 15.2 Å². The topological polar surface area (TPSA) is 91.5 Å². The SMILES string of the molecule is C=CSC(=C(C)CC)c1c[nH]c(C(=O)NCc2ccc(C)cc2)cc1=O.CC.CC.CC.COC(=O)N1CCCCC1. The zero-order chi connectivity index (χ0) is 32.5. The number of hydrogen-bond donors (Lipinski definition) is 2. The molecule has 1 saturated heterocycles. The number of aryl methyl sites for hydroxylation is 1. The van der Waals surface area contributed by atoms with Gasteiger partial charge in [-0.15, -0.1) is 0 Å². The van der Waals surface area contributed by atoms with E-state index < -0.39 is 0 Å². The van der Waals surface area contributed by atoms with Gasteiger partial charge in [-0.2, -0.15) is 0 Å². The van der Waals surface area contributed by atoms with Gasteiger partial charge in [0.05, 0.1) is 12.7 Å². The number of nitrogens with one attached hydrogen (secondary N) is 2. The number of allylic oxidation sites excluding steroid dienone is 1. The fraction of sp³-hybridized carbons (Fsp3) is 0.500. The zero-order valence-corrected chi connectivity index (χ0v) is 28.5. The van der Waals surface area contributed by atoms with E-state index in [1.807, 2.05) is 86.6 Å². The van der Waals surface area contributed by atoms with E-state index in [9.17, 15) is 14.4 Å². The van der Waals surface area contributed by atoms with Crippen LogP contribution in [-0.2, 0) is 11.3 Å². The number of hydrogen-bond acceptors (Lipinski definition) is 5. The first-order valence-electron chi connectivity index (χ1n) is 15.2. The number of piperidine rings is 1. The summed E-state index contributed by atoms with van der Waals surface area (Å²) in [5.41, 5.74) is 3.92. The molecule has 0 spiro atoms. The minimum atomic E-state index is -0.302. The van der Waals surface area contributed by atoms with Crippen molar-refractivity contribution in [3.05, 3.63) is 86.7 Å². The smallest absolute Gasteiger partial charge is 0.409 e. The molecule has 8 heteroatoms. The van der Waals surface area contributed by atoms with Crippen molar-refractivity contribution < 1.29 is 14.3 Å². The average molecular weight is 602 g/mol. The van der Waals surface area contributed by atoms with Crippen LogP contribution in [0.5, 0.6) is 0 Å². The maximum atomic E-state index is 12.5. The number of carbonyl (C=O) groups is 2. The molecule has 1 aliphatic rings. The molecule has 0 aliphatic carbocycles. The third kappa shape index (κ3) is 15.1. The number of thioether (sulfide) groups is 1. The largest absolute Gasteiger partial charge is 0.453 e. The highest BCUT2D eigenvalue weighted by Crippen LogP contribution is 2.30. The molecule has 1 aromatic heterocycles. The number of rotatable bonds is 7. The Hall–Kier alpha value is -3.26. The van der Waals surface area contributed by atoms with Gasteiger partial charge in [0.25, 0.3) is 5.91 Å². The third-order valence-corrected chi connectivity index (χ3v) is 6.85. The molecule has 2 heterocycles. The summed E-state index contributed by atoms with van der Waals surface area (Å²) in [5, 5.41) is 4.53. The summed E-state index contributed by atoms with van der Waals surface area (Å²) in [7, 11) is 1.43. The van der Waals surface area contributed by atoms with E-state index in [1.54, 1.807) is 16.5 Å². The Bertz CT molecular complexity index is 1120. The highest BCUT2D eigenvalue weighted by molar-refractivity contribution is 8.10. The molecule has 2 amide bonds. The van der Waals surface area contributed by atoms with E-state index in [1.165, 1.54) is 36.9 Å². The van der Waals surface area contributed by atoms with E-state index >= 15 is 0 Å². The van der Waals surface area contributed by atoms with Crippen molar-refractivity contribution in [2.45, 2.75) is 94.5 Å². The van der Waals surface area contributed by atoms with Crippen LogP contribution in [0.1, 0.15) is 108 Å². The lowest BCUT2D eigenvalue weighted by molar-refractivity contribution is 0.0945. The summed E-state index contributed by atoms with van der Waals surface area (Å²) in [5.74, 6) is -0.302. The number of ether oxygens (including phenoxy) is 1. The lowest BCUT2D eigenvalue weighted by Gasteiger charge is -2.24. The molecular weight excluding hydrogens is 546 g/mol. The first kappa shape index (κ1) is 40.9. The van der Waals surface area contributed by atoms with Gasteiger partial charge < -0.3 is 19.9 Å². The van der Waals surface area contributed by atoms with E-state index in [4.69, 9.17) is 0 Å². The van der Waals surface area contributed by atoms with E-state index in [2.05, 4.69) is 21.6 Å². The van der Waals surface area contributed by atoms with Gasteiger partial charge in [0, 0.05) is 36.8 Å². The number of pyridine rings is 1. The van der Waals surface area contributed by atoms with Crippen molar-refractivity contribution in [3.8, 4) is 0 Å². The van der Waals surface area contributed by atoms with Crippen molar-refractivity contribution >= 4 is 28.7 Å². The number of H-pyrrole nitrogens is 1. The van der Waals surface area contributed by atoms with Crippen molar-refractivity contribution in [2.75, 3.05) is 20.2 Å². The van der Waals surface area contributed by atoms with Crippen LogP contribution < -0.4 is 10.7 Å². The van der Waals surface area contributed by atoms with E-state index in [-0.39, 0.29) is 23.1 Å². The van der Waals surface area contributed by atoms with Crippen molar-refractivity contribution in [3.63, 3.8) is 0 Å². The Kier molecular flexibility index (Phi) is 24.8. The predicted octanol–water partition coefficient (Wildman–Crippen LogP) is 8.95. The maximum absolute atomic E-state index is 12.5. The van der Waals surface area contributed by atoms with Crippen molar-refractivity contribution in [1.29, 1.82) is 0 Å². The monoisotopic (exact) mass is 601 g/mol. The molecule has 0 unspecified atom stereocenters. The van der Waals surface area contributed by atoms with Gasteiger partial charge in [0.1, 0.15) is 5.69 Å². The second kappa shape index (κ2) is 25.5. The van der Waals surface area contributed by atoms with Gasteiger partial charge >= 0.3 is 6.09 Å². The van der Waals surface area contributed by atoms with Gasteiger partial charge in [-0.05, 0) is 50.5 Å². The molecular formula is C34H55N3O4S. The third-order valence-electron chi connectivity index (χ3n) is 5.88. The number of methoxy groups -OCH3 is 1. The molecule has 0 bridgehead atoms. The Labute approximate surface area is 259 Å². The predicted molar refractivity (Wildman–Crippen MR) is 182 cm³/mol. The van der Waals surface area contributed by atoms with Crippen LogP contribution in [0.15, 0.2) is 58.9 Å². The van der Waals surface area contributed by atoms with Gasteiger partial charge in [-0.25, -0.2) is 4.79 Å². The molecule has 1 fully saturated rings. The van der Waals surface area contributed by atoms with Crippen LogP contribution in [0.2, 0.25) is 0 Å². The molecule has 3 rings (SSSR count). The molecule has 2 N–H and O–H groups in total. The molecule has 2 aromatic rings.